The van der Waals surface area contributed by atoms with Crippen LogP contribution in [-0.4, -0.2) is 34.0 Å². The number of carbonyl (C=O) groups is 4. The van der Waals surface area contributed by atoms with Gasteiger partial charge in [-0.25, -0.2) is 11.7 Å². The quantitative estimate of drug-likeness (QED) is 0.0692. The molecule has 0 saturated heterocycles. The van der Waals surface area contributed by atoms with Crippen LogP contribution >= 0.6 is 0 Å². The van der Waals surface area contributed by atoms with Gasteiger partial charge in [0.05, 0.1) is 0 Å². The fourth-order valence-electron chi connectivity index (χ4n) is 3.04. The Kier molecular flexibility index (Phi) is 25.1. The van der Waals surface area contributed by atoms with Gasteiger partial charge in [0, 0.05) is 25.7 Å². The maximum atomic E-state index is 10.8. The Balaban J connectivity index is 0. The molecule has 0 aromatic carbocycles. The largest absolute Gasteiger partial charge is 0.481 e. The number of carboxylic acid groups (broad SMARTS) is 2. The van der Waals surface area contributed by atoms with E-state index in [-0.39, 0.29) is 24.7 Å². The fourth-order valence-corrected chi connectivity index (χ4v) is 3.04. The van der Waals surface area contributed by atoms with Crippen LogP contribution in [-0.2, 0) is 19.2 Å². The molecule has 10 heteroatoms. The molecule has 0 fully saturated rings. The number of nitrogens with one attached hydrogen (secondary N) is 2. The van der Waals surface area contributed by atoms with Crippen LogP contribution < -0.4 is 22.5 Å². The smallest absolute Gasteiger partial charge is 0.303 e. The average molecular weight is 461 g/mol. The van der Waals surface area contributed by atoms with Crippen molar-refractivity contribution in [2.45, 2.75) is 116 Å². The molecule has 10 nitrogen and oxygen atoms in total. The Hall–Kier alpha value is -2.20. The lowest BCUT2D eigenvalue weighted by atomic mass is 10.1. The van der Waals surface area contributed by atoms with Gasteiger partial charge in [-0.2, -0.15) is 0 Å². The molecule has 0 radical (unpaired) electrons. The number of hydrazine groups is 2. The molecule has 32 heavy (non-hydrogen) atoms. The third-order valence-electron chi connectivity index (χ3n) is 4.91. The first-order chi connectivity index (χ1) is 15.3. The van der Waals surface area contributed by atoms with E-state index in [0.717, 1.165) is 89.9 Å². The van der Waals surface area contributed by atoms with Crippen molar-refractivity contribution in [1.29, 1.82) is 0 Å². The Bertz CT molecular complexity index is 459. The molecular weight excluding hydrogens is 416 g/mol. The second-order valence-electron chi connectivity index (χ2n) is 7.87. The Morgan fingerprint density at radius 3 is 0.875 bits per heavy atom. The summed E-state index contributed by atoms with van der Waals surface area (Å²) >= 11 is 0. The molecule has 188 valence electrons. The number of nitrogens with two attached hydrogens (primary N) is 2. The van der Waals surface area contributed by atoms with Crippen molar-refractivity contribution in [2.24, 2.45) is 11.7 Å². The van der Waals surface area contributed by atoms with E-state index in [1.165, 1.54) is 0 Å². The first-order valence-electron chi connectivity index (χ1n) is 11.8. The van der Waals surface area contributed by atoms with Crippen molar-refractivity contribution in [3.63, 3.8) is 0 Å². The lowest BCUT2D eigenvalue weighted by molar-refractivity contribution is -0.138. The van der Waals surface area contributed by atoms with Gasteiger partial charge in [0.25, 0.3) is 0 Å². The predicted molar refractivity (Wildman–Crippen MR) is 123 cm³/mol. The third-order valence-corrected chi connectivity index (χ3v) is 4.91. The standard InChI is InChI=1S/C12H22O4.C10H22N4O2/c13-11(14)9-7-5-3-1-2-4-6-8-10-12(15)16;11-13-9(15)7-5-3-1-2-4-6-8-10(16)14-12/h1-10H2,(H,13,14)(H,15,16);1-8,11-12H2,(H,13,15)(H,14,16). The fraction of sp³-hybridized carbons (Fsp3) is 0.818. The van der Waals surface area contributed by atoms with E-state index in [1.54, 1.807) is 0 Å². The highest BCUT2D eigenvalue weighted by molar-refractivity contribution is 5.75. The molecule has 0 aromatic heterocycles. The van der Waals surface area contributed by atoms with Crippen molar-refractivity contribution < 1.29 is 29.4 Å². The normalized spacial score (nSPS) is 10.1. The van der Waals surface area contributed by atoms with Gasteiger partial charge in [0.1, 0.15) is 0 Å². The molecule has 0 unspecified atom stereocenters. The molecule has 0 rings (SSSR count). The molecule has 0 bridgehead atoms. The summed E-state index contributed by atoms with van der Waals surface area (Å²) in [6.07, 6.45) is 15.5. The van der Waals surface area contributed by atoms with Gasteiger partial charge in [0.2, 0.25) is 11.8 Å². The zero-order valence-corrected chi connectivity index (χ0v) is 19.4. The monoisotopic (exact) mass is 460 g/mol. The number of hydrogen-bond acceptors (Lipinski definition) is 6. The number of carbonyl (C=O) groups excluding carboxylic acids is 2. The van der Waals surface area contributed by atoms with Crippen LogP contribution in [0.3, 0.4) is 0 Å². The number of carboxylic acids is 2. The van der Waals surface area contributed by atoms with E-state index in [1.807, 2.05) is 0 Å². The lowest BCUT2D eigenvalue weighted by Crippen LogP contribution is -2.29. The van der Waals surface area contributed by atoms with Gasteiger partial charge in [-0.1, -0.05) is 64.2 Å². The highest BCUT2D eigenvalue weighted by atomic mass is 16.4. The zero-order chi connectivity index (χ0) is 24.5. The Morgan fingerprint density at radius 2 is 0.656 bits per heavy atom. The van der Waals surface area contributed by atoms with Gasteiger partial charge in [-0.15, -0.1) is 0 Å². The molecule has 0 aliphatic rings. The number of unbranched alkanes of at least 4 members (excludes halogenated alkanes) is 12. The van der Waals surface area contributed by atoms with Crippen molar-refractivity contribution >= 4 is 23.8 Å². The molecule has 8 N–H and O–H groups in total. The molecule has 0 aromatic rings. The first-order valence-corrected chi connectivity index (χ1v) is 11.8. The van der Waals surface area contributed by atoms with Crippen LogP contribution in [0.15, 0.2) is 0 Å². The highest BCUT2D eigenvalue weighted by Crippen LogP contribution is 2.10. The van der Waals surface area contributed by atoms with Crippen LogP contribution in [0, 0.1) is 0 Å². The predicted octanol–water partition coefficient (Wildman–Crippen LogP) is 3.14. The summed E-state index contributed by atoms with van der Waals surface area (Å²) in [4.78, 5) is 42.0. The molecule has 0 spiro atoms. The summed E-state index contributed by atoms with van der Waals surface area (Å²) in [5.74, 6) is 8.24. The number of rotatable bonds is 20. The van der Waals surface area contributed by atoms with Crippen LogP contribution in [0.25, 0.3) is 0 Å². The summed E-state index contributed by atoms with van der Waals surface area (Å²) in [5, 5.41) is 16.8. The van der Waals surface area contributed by atoms with Crippen LogP contribution in [0.4, 0.5) is 0 Å². The average Bonchev–Trinajstić information content (AvgIpc) is 2.76. The molecular formula is C22H44N4O6. The van der Waals surface area contributed by atoms with Gasteiger partial charge in [-0.3, -0.25) is 30.0 Å². The van der Waals surface area contributed by atoms with Crippen molar-refractivity contribution in [2.75, 3.05) is 0 Å². The lowest BCUT2D eigenvalue weighted by Gasteiger charge is -2.01. The molecule has 0 heterocycles. The van der Waals surface area contributed by atoms with Gasteiger partial charge < -0.3 is 10.2 Å². The van der Waals surface area contributed by atoms with Crippen LogP contribution in [0.5, 0.6) is 0 Å². The minimum Gasteiger partial charge on any atom is -0.481 e. The van der Waals surface area contributed by atoms with E-state index >= 15 is 0 Å². The summed E-state index contributed by atoms with van der Waals surface area (Å²) in [6.45, 7) is 0. The number of amides is 2. The minimum atomic E-state index is -0.714. The van der Waals surface area contributed by atoms with Crippen LogP contribution in [0.2, 0.25) is 0 Å². The SMILES string of the molecule is NNC(=O)CCCCCCCCC(=O)NN.O=C(O)CCCCCCCCCCC(=O)O. The van der Waals surface area contributed by atoms with Crippen molar-refractivity contribution in [3.8, 4) is 0 Å². The zero-order valence-electron chi connectivity index (χ0n) is 19.4. The Morgan fingerprint density at radius 1 is 0.438 bits per heavy atom. The van der Waals surface area contributed by atoms with E-state index in [9.17, 15) is 19.2 Å². The van der Waals surface area contributed by atoms with E-state index in [2.05, 4.69) is 10.9 Å². The topological polar surface area (TPSA) is 185 Å². The molecule has 2 amide bonds. The molecule has 0 saturated carbocycles. The first kappa shape index (κ1) is 32.0. The maximum Gasteiger partial charge on any atom is 0.303 e. The Labute approximate surface area is 191 Å². The number of aliphatic carboxylic acids is 2. The van der Waals surface area contributed by atoms with E-state index in [0.29, 0.717) is 12.8 Å². The molecule has 0 atom stereocenters. The molecule has 0 aliphatic carbocycles. The summed E-state index contributed by atoms with van der Waals surface area (Å²) in [7, 11) is 0. The maximum absolute atomic E-state index is 10.8. The van der Waals surface area contributed by atoms with Crippen LogP contribution in [0.1, 0.15) is 116 Å². The second kappa shape index (κ2) is 25.1. The number of hydrogen-bond donors (Lipinski definition) is 6. The summed E-state index contributed by atoms with van der Waals surface area (Å²) < 4.78 is 0. The van der Waals surface area contributed by atoms with Crippen molar-refractivity contribution in [3.05, 3.63) is 0 Å². The van der Waals surface area contributed by atoms with Gasteiger partial charge in [0.15, 0.2) is 0 Å². The summed E-state index contributed by atoms with van der Waals surface area (Å²) in [5.41, 5.74) is 4.20. The minimum absolute atomic E-state index is 0.111. The van der Waals surface area contributed by atoms with Gasteiger partial charge >= 0.3 is 11.9 Å². The van der Waals surface area contributed by atoms with E-state index in [4.69, 9.17) is 21.9 Å². The van der Waals surface area contributed by atoms with E-state index < -0.39 is 11.9 Å². The van der Waals surface area contributed by atoms with Crippen molar-refractivity contribution in [1.82, 2.24) is 10.9 Å². The summed E-state index contributed by atoms with van der Waals surface area (Å²) in [6, 6.07) is 0. The van der Waals surface area contributed by atoms with Gasteiger partial charge in [-0.05, 0) is 25.7 Å². The second-order valence-corrected chi connectivity index (χ2v) is 7.87. The highest BCUT2D eigenvalue weighted by Gasteiger charge is 2.00. The molecule has 0 aliphatic heterocycles. The third kappa shape index (κ3) is 30.0.